The standard InChI is InChI=1S/C16H16N2O/c1-11-6-8-12(9-7-11)14-10-17-16(18-14)13-4-2-3-5-15(13)19/h2-10,16-19H,1H3. The van der Waals surface area contributed by atoms with E-state index in [1.165, 1.54) is 5.56 Å². The zero-order valence-electron chi connectivity index (χ0n) is 10.7. The second-order valence-electron chi connectivity index (χ2n) is 4.73. The monoisotopic (exact) mass is 252 g/mol. The first-order valence-electron chi connectivity index (χ1n) is 6.32. The number of phenols is 1. The summed E-state index contributed by atoms with van der Waals surface area (Å²) >= 11 is 0. The Morgan fingerprint density at radius 2 is 1.74 bits per heavy atom. The van der Waals surface area contributed by atoms with Crippen molar-refractivity contribution in [2.24, 2.45) is 0 Å². The molecule has 0 aromatic heterocycles. The molecule has 0 bridgehead atoms. The van der Waals surface area contributed by atoms with E-state index in [-0.39, 0.29) is 6.17 Å². The number of rotatable bonds is 2. The minimum Gasteiger partial charge on any atom is -0.508 e. The quantitative estimate of drug-likeness (QED) is 0.770. The Bertz CT molecular complexity index is 617. The van der Waals surface area contributed by atoms with E-state index in [2.05, 4.69) is 41.8 Å². The van der Waals surface area contributed by atoms with Gasteiger partial charge in [0.2, 0.25) is 0 Å². The van der Waals surface area contributed by atoms with Gasteiger partial charge in [0.1, 0.15) is 11.9 Å². The highest BCUT2D eigenvalue weighted by Crippen LogP contribution is 2.27. The molecule has 0 saturated heterocycles. The zero-order chi connectivity index (χ0) is 13.2. The van der Waals surface area contributed by atoms with Crippen molar-refractivity contribution >= 4 is 5.70 Å². The van der Waals surface area contributed by atoms with E-state index >= 15 is 0 Å². The average Bonchev–Trinajstić information content (AvgIpc) is 2.89. The van der Waals surface area contributed by atoms with Crippen molar-refractivity contribution in [1.82, 2.24) is 10.6 Å². The summed E-state index contributed by atoms with van der Waals surface area (Å²) in [5.41, 5.74) is 4.26. The molecule has 3 nitrogen and oxygen atoms in total. The van der Waals surface area contributed by atoms with E-state index in [0.717, 1.165) is 16.8 Å². The molecule has 1 atom stereocenters. The molecule has 3 rings (SSSR count). The van der Waals surface area contributed by atoms with Crippen LogP contribution in [-0.2, 0) is 0 Å². The molecular formula is C16H16N2O. The van der Waals surface area contributed by atoms with Crippen molar-refractivity contribution in [3.63, 3.8) is 0 Å². The number of hydrogen-bond donors (Lipinski definition) is 3. The second-order valence-corrected chi connectivity index (χ2v) is 4.73. The predicted octanol–water partition coefficient (Wildman–Crippen LogP) is 2.89. The number of aryl methyl sites for hydroxylation is 1. The Hall–Kier alpha value is -2.42. The van der Waals surface area contributed by atoms with Gasteiger partial charge in [-0.1, -0.05) is 48.0 Å². The number of hydrogen-bond acceptors (Lipinski definition) is 3. The van der Waals surface area contributed by atoms with Crippen molar-refractivity contribution < 1.29 is 5.11 Å². The molecule has 3 heteroatoms. The minimum atomic E-state index is -0.0856. The topological polar surface area (TPSA) is 44.3 Å². The highest BCUT2D eigenvalue weighted by atomic mass is 16.3. The maximum atomic E-state index is 9.86. The Morgan fingerprint density at radius 1 is 1.00 bits per heavy atom. The summed E-state index contributed by atoms with van der Waals surface area (Å²) in [4.78, 5) is 0. The molecule has 0 radical (unpaired) electrons. The summed E-state index contributed by atoms with van der Waals surface area (Å²) in [5, 5.41) is 16.5. The van der Waals surface area contributed by atoms with Crippen molar-refractivity contribution in [3.8, 4) is 5.75 Å². The van der Waals surface area contributed by atoms with E-state index < -0.39 is 0 Å². The fraction of sp³-hybridized carbons (Fsp3) is 0.125. The van der Waals surface area contributed by atoms with Gasteiger partial charge in [-0.3, -0.25) is 0 Å². The van der Waals surface area contributed by atoms with Gasteiger partial charge in [-0.05, 0) is 18.6 Å². The third-order valence-corrected chi connectivity index (χ3v) is 3.30. The Balaban J connectivity index is 1.80. The SMILES string of the molecule is Cc1ccc(C2=CNC(c3ccccc3O)N2)cc1. The molecule has 96 valence electrons. The number of benzene rings is 2. The van der Waals surface area contributed by atoms with Crippen molar-refractivity contribution in [2.75, 3.05) is 0 Å². The molecule has 0 aliphatic carbocycles. The van der Waals surface area contributed by atoms with E-state index in [0.29, 0.717) is 5.75 Å². The van der Waals surface area contributed by atoms with Crippen LogP contribution in [0.1, 0.15) is 22.9 Å². The number of para-hydroxylation sites is 1. The molecule has 0 spiro atoms. The Morgan fingerprint density at radius 3 is 2.47 bits per heavy atom. The maximum Gasteiger partial charge on any atom is 0.126 e. The van der Waals surface area contributed by atoms with E-state index in [4.69, 9.17) is 0 Å². The third kappa shape index (κ3) is 2.27. The van der Waals surface area contributed by atoms with Gasteiger partial charge in [-0.15, -0.1) is 0 Å². The first-order valence-corrected chi connectivity index (χ1v) is 6.32. The lowest BCUT2D eigenvalue weighted by atomic mass is 10.1. The molecule has 0 saturated carbocycles. The Kier molecular flexibility index (Phi) is 2.88. The first-order chi connectivity index (χ1) is 9.24. The Labute approximate surface area is 112 Å². The molecule has 1 aliphatic heterocycles. The molecule has 19 heavy (non-hydrogen) atoms. The van der Waals surface area contributed by atoms with Gasteiger partial charge < -0.3 is 15.7 Å². The highest BCUT2D eigenvalue weighted by molar-refractivity contribution is 5.66. The average molecular weight is 252 g/mol. The van der Waals surface area contributed by atoms with E-state index in [1.807, 2.05) is 24.4 Å². The van der Waals surface area contributed by atoms with Crippen LogP contribution in [0.4, 0.5) is 0 Å². The smallest absolute Gasteiger partial charge is 0.126 e. The molecule has 2 aromatic rings. The third-order valence-electron chi connectivity index (χ3n) is 3.30. The maximum absolute atomic E-state index is 9.86. The van der Waals surface area contributed by atoms with Crippen LogP contribution in [0.5, 0.6) is 5.75 Å². The predicted molar refractivity (Wildman–Crippen MR) is 76.3 cm³/mol. The minimum absolute atomic E-state index is 0.0856. The molecule has 3 N–H and O–H groups in total. The van der Waals surface area contributed by atoms with Crippen molar-refractivity contribution in [3.05, 3.63) is 71.4 Å². The van der Waals surface area contributed by atoms with Crippen LogP contribution < -0.4 is 10.6 Å². The zero-order valence-corrected chi connectivity index (χ0v) is 10.7. The lowest BCUT2D eigenvalue weighted by Gasteiger charge is -2.15. The van der Waals surface area contributed by atoms with Crippen molar-refractivity contribution in [1.29, 1.82) is 0 Å². The summed E-state index contributed by atoms with van der Waals surface area (Å²) in [6.45, 7) is 2.07. The summed E-state index contributed by atoms with van der Waals surface area (Å²) in [6, 6.07) is 15.7. The summed E-state index contributed by atoms with van der Waals surface area (Å²) in [6.07, 6.45) is 1.86. The lowest BCUT2D eigenvalue weighted by molar-refractivity contribution is 0.453. The fourth-order valence-electron chi connectivity index (χ4n) is 2.20. The molecule has 2 aromatic carbocycles. The highest BCUT2D eigenvalue weighted by Gasteiger charge is 2.20. The van der Waals surface area contributed by atoms with Crippen LogP contribution in [-0.4, -0.2) is 5.11 Å². The van der Waals surface area contributed by atoms with Crippen molar-refractivity contribution in [2.45, 2.75) is 13.1 Å². The van der Waals surface area contributed by atoms with Gasteiger partial charge in [0.05, 0.1) is 5.70 Å². The van der Waals surface area contributed by atoms with Crippen LogP contribution in [0.25, 0.3) is 5.70 Å². The molecule has 1 heterocycles. The van der Waals surface area contributed by atoms with Crippen LogP contribution in [0.3, 0.4) is 0 Å². The second kappa shape index (κ2) is 4.69. The summed E-state index contributed by atoms with van der Waals surface area (Å²) in [5.74, 6) is 0.297. The van der Waals surface area contributed by atoms with Gasteiger partial charge in [-0.25, -0.2) is 0 Å². The number of aromatic hydroxyl groups is 1. The normalized spacial score (nSPS) is 17.5. The van der Waals surface area contributed by atoms with Gasteiger partial charge >= 0.3 is 0 Å². The number of phenolic OH excluding ortho intramolecular Hbond substituents is 1. The molecule has 1 unspecified atom stereocenters. The number of nitrogens with one attached hydrogen (secondary N) is 2. The van der Waals surface area contributed by atoms with Gasteiger partial charge in [0, 0.05) is 11.8 Å². The van der Waals surface area contributed by atoms with Gasteiger partial charge in [-0.2, -0.15) is 0 Å². The van der Waals surface area contributed by atoms with Gasteiger partial charge in [0.25, 0.3) is 0 Å². The van der Waals surface area contributed by atoms with E-state index in [9.17, 15) is 5.11 Å². The van der Waals surface area contributed by atoms with Gasteiger partial charge in [0.15, 0.2) is 0 Å². The van der Waals surface area contributed by atoms with Crippen LogP contribution in [0, 0.1) is 6.92 Å². The lowest BCUT2D eigenvalue weighted by Crippen LogP contribution is -2.22. The van der Waals surface area contributed by atoms with E-state index in [1.54, 1.807) is 6.07 Å². The molecular weight excluding hydrogens is 236 g/mol. The van der Waals surface area contributed by atoms with Crippen LogP contribution in [0.15, 0.2) is 54.7 Å². The molecule has 0 fully saturated rings. The summed E-state index contributed by atoms with van der Waals surface area (Å²) < 4.78 is 0. The fourth-order valence-corrected chi connectivity index (χ4v) is 2.20. The molecule has 1 aliphatic rings. The molecule has 0 amide bonds. The summed E-state index contributed by atoms with van der Waals surface area (Å²) in [7, 11) is 0. The first kappa shape index (κ1) is 11.7. The van der Waals surface area contributed by atoms with Crippen LogP contribution in [0.2, 0.25) is 0 Å². The largest absolute Gasteiger partial charge is 0.508 e. The van der Waals surface area contributed by atoms with Crippen LogP contribution >= 0.6 is 0 Å².